The molecule has 2 aromatic carbocycles. The Morgan fingerprint density at radius 1 is 1.09 bits per heavy atom. The van der Waals surface area contributed by atoms with Crippen LogP contribution in [0.25, 0.3) is 12.2 Å². The highest BCUT2D eigenvalue weighted by Crippen LogP contribution is 2.22. The molecule has 0 aliphatic rings. The lowest BCUT2D eigenvalue weighted by Gasteiger charge is -2.28. The van der Waals surface area contributed by atoms with Gasteiger partial charge in [0.2, 0.25) is 0 Å². The molecule has 3 rings (SSSR count). The van der Waals surface area contributed by atoms with Crippen molar-refractivity contribution in [1.29, 1.82) is 0 Å². The number of rotatable bonds is 12. The Hall–Kier alpha value is -2.74. The highest BCUT2D eigenvalue weighted by molar-refractivity contribution is 7.12. The van der Waals surface area contributed by atoms with Crippen LogP contribution in [0.3, 0.4) is 0 Å². The Balaban J connectivity index is 1.45. The predicted octanol–water partition coefficient (Wildman–Crippen LogP) is 4.77. The molecule has 0 amide bonds. The average molecular weight is 468 g/mol. The van der Waals surface area contributed by atoms with E-state index in [0.29, 0.717) is 6.54 Å². The largest absolute Gasteiger partial charge is 0.497 e. The van der Waals surface area contributed by atoms with Crippen molar-refractivity contribution in [2.75, 3.05) is 20.3 Å². The molecule has 33 heavy (non-hydrogen) atoms. The molecule has 0 bridgehead atoms. The molecule has 0 fully saturated rings. The van der Waals surface area contributed by atoms with Gasteiger partial charge < -0.3 is 19.9 Å². The van der Waals surface area contributed by atoms with Crippen LogP contribution >= 0.6 is 11.3 Å². The standard InChI is InChI=1S/C26H33N3O3S/c1-19-28-29-25(33-19)14-11-21-7-5-6-8-24(21)32-18-22(30)17-27-26(2,3)16-15-20-9-12-23(31-4)13-10-20/h5-14,22,27,30H,15-18H2,1-4H3. The van der Waals surface area contributed by atoms with E-state index in [2.05, 4.69) is 41.5 Å². The number of nitrogens with zero attached hydrogens (tertiary/aromatic N) is 2. The summed E-state index contributed by atoms with van der Waals surface area (Å²) < 4.78 is 11.1. The Kier molecular flexibility index (Phi) is 9.00. The van der Waals surface area contributed by atoms with E-state index in [1.54, 1.807) is 18.4 Å². The smallest absolute Gasteiger partial charge is 0.140 e. The number of hydrogen-bond donors (Lipinski definition) is 2. The van der Waals surface area contributed by atoms with Gasteiger partial charge in [0.25, 0.3) is 0 Å². The quantitative estimate of drug-likeness (QED) is 0.400. The molecule has 3 aromatic rings. The fourth-order valence-electron chi connectivity index (χ4n) is 3.27. The maximum absolute atomic E-state index is 10.5. The van der Waals surface area contributed by atoms with Crippen molar-refractivity contribution in [3.8, 4) is 11.5 Å². The van der Waals surface area contributed by atoms with E-state index in [1.807, 2.05) is 55.5 Å². The molecule has 0 saturated carbocycles. The Labute approximate surface area is 200 Å². The fraction of sp³-hybridized carbons (Fsp3) is 0.385. The van der Waals surface area contributed by atoms with E-state index in [0.717, 1.165) is 39.9 Å². The van der Waals surface area contributed by atoms with Crippen molar-refractivity contribution in [3.63, 3.8) is 0 Å². The van der Waals surface area contributed by atoms with Gasteiger partial charge in [-0.25, -0.2) is 0 Å². The lowest BCUT2D eigenvalue weighted by Crippen LogP contribution is -2.45. The van der Waals surface area contributed by atoms with Crippen molar-refractivity contribution in [2.24, 2.45) is 0 Å². The topological polar surface area (TPSA) is 76.5 Å². The summed E-state index contributed by atoms with van der Waals surface area (Å²) in [4.78, 5) is 0. The maximum Gasteiger partial charge on any atom is 0.140 e. The van der Waals surface area contributed by atoms with Crippen molar-refractivity contribution in [3.05, 3.63) is 69.7 Å². The summed E-state index contributed by atoms with van der Waals surface area (Å²) in [6.07, 6.45) is 5.17. The number of benzene rings is 2. The van der Waals surface area contributed by atoms with Gasteiger partial charge in [-0.1, -0.05) is 41.7 Å². The van der Waals surface area contributed by atoms with Gasteiger partial charge in [0.1, 0.15) is 34.2 Å². The number of methoxy groups -OCH3 is 1. The summed E-state index contributed by atoms with van der Waals surface area (Å²) in [6, 6.07) is 15.9. The first-order chi connectivity index (χ1) is 15.8. The van der Waals surface area contributed by atoms with Gasteiger partial charge in [0.05, 0.1) is 7.11 Å². The molecular weight excluding hydrogens is 434 g/mol. The van der Waals surface area contributed by atoms with Crippen LogP contribution in [0.15, 0.2) is 48.5 Å². The lowest BCUT2D eigenvalue weighted by molar-refractivity contribution is 0.0981. The number of nitrogens with one attached hydrogen (secondary N) is 1. The second-order valence-corrected chi connectivity index (χ2v) is 9.82. The summed E-state index contributed by atoms with van der Waals surface area (Å²) in [7, 11) is 1.67. The zero-order valence-electron chi connectivity index (χ0n) is 19.7. The number of para-hydroxylation sites is 1. The molecule has 176 valence electrons. The molecule has 6 nitrogen and oxygen atoms in total. The van der Waals surface area contributed by atoms with E-state index in [9.17, 15) is 5.11 Å². The molecule has 0 aliphatic carbocycles. The van der Waals surface area contributed by atoms with Crippen LogP contribution in [0.4, 0.5) is 0 Å². The molecule has 1 atom stereocenters. The molecule has 1 aromatic heterocycles. The van der Waals surface area contributed by atoms with Gasteiger partial charge in [-0.2, -0.15) is 0 Å². The Morgan fingerprint density at radius 3 is 2.55 bits per heavy atom. The van der Waals surface area contributed by atoms with E-state index in [4.69, 9.17) is 9.47 Å². The van der Waals surface area contributed by atoms with Crippen LogP contribution in [-0.4, -0.2) is 47.2 Å². The monoisotopic (exact) mass is 467 g/mol. The van der Waals surface area contributed by atoms with Crippen LogP contribution in [0.1, 0.15) is 41.4 Å². The summed E-state index contributed by atoms with van der Waals surface area (Å²) in [5.41, 5.74) is 2.09. The van der Waals surface area contributed by atoms with Crippen LogP contribution in [0.2, 0.25) is 0 Å². The van der Waals surface area contributed by atoms with Crippen LogP contribution in [-0.2, 0) is 6.42 Å². The average Bonchev–Trinajstić information content (AvgIpc) is 3.24. The van der Waals surface area contributed by atoms with Gasteiger partial charge in [-0.05, 0) is 69.5 Å². The number of aliphatic hydroxyl groups is 1. The third kappa shape index (κ3) is 8.28. The van der Waals surface area contributed by atoms with Crippen LogP contribution < -0.4 is 14.8 Å². The molecular formula is C26H33N3O3S. The van der Waals surface area contributed by atoms with Crippen molar-refractivity contribution in [1.82, 2.24) is 15.5 Å². The van der Waals surface area contributed by atoms with E-state index in [1.165, 1.54) is 5.56 Å². The molecule has 7 heteroatoms. The normalized spacial score (nSPS) is 12.8. The molecule has 0 spiro atoms. The lowest BCUT2D eigenvalue weighted by atomic mass is 9.95. The zero-order chi connectivity index (χ0) is 23.7. The van der Waals surface area contributed by atoms with Crippen molar-refractivity contribution >= 4 is 23.5 Å². The van der Waals surface area contributed by atoms with E-state index >= 15 is 0 Å². The molecule has 0 aliphatic heterocycles. The van der Waals surface area contributed by atoms with Gasteiger partial charge >= 0.3 is 0 Å². The Morgan fingerprint density at radius 2 is 1.85 bits per heavy atom. The minimum atomic E-state index is -0.617. The highest BCUT2D eigenvalue weighted by Gasteiger charge is 2.19. The van der Waals surface area contributed by atoms with Crippen LogP contribution in [0, 0.1) is 6.92 Å². The number of ether oxygens (including phenoxy) is 2. The first-order valence-electron chi connectivity index (χ1n) is 11.1. The molecule has 0 radical (unpaired) electrons. The Bertz CT molecular complexity index is 1030. The van der Waals surface area contributed by atoms with Gasteiger partial charge in [0.15, 0.2) is 0 Å². The molecule has 1 heterocycles. The maximum atomic E-state index is 10.5. The van der Waals surface area contributed by atoms with Gasteiger partial charge in [-0.3, -0.25) is 0 Å². The summed E-state index contributed by atoms with van der Waals surface area (Å²) in [5.74, 6) is 1.60. The minimum absolute atomic E-state index is 0.110. The minimum Gasteiger partial charge on any atom is -0.497 e. The first-order valence-corrected chi connectivity index (χ1v) is 11.9. The zero-order valence-corrected chi connectivity index (χ0v) is 20.6. The predicted molar refractivity (Wildman–Crippen MR) is 135 cm³/mol. The fourth-order valence-corrected chi connectivity index (χ4v) is 3.87. The third-order valence-electron chi connectivity index (χ3n) is 5.31. The van der Waals surface area contributed by atoms with Gasteiger partial charge in [0, 0.05) is 17.6 Å². The number of aliphatic hydroxyl groups excluding tert-OH is 1. The number of aromatic nitrogens is 2. The summed E-state index contributed by atoms with van der Waals surface area (Å²) in [5, 5.41) is 23.9. The molecule has 1 unspecified atom stereocenters. The molecule has 2 N–H and O–H groups in total. The first kappa shape index (κ1) is 24.9. The van der Waals surface area contributed by atoms with Gasteiger partial charge in [-0.15, -0.1) is 10.2 Å². The number of β-amino-alcohol motifs (C(OH)–C–C–N with tert-alkyl or cyclic N) is 1. The van der Waals surface area contributed by atoms with Crippen molar-refractivity contribution in [2.45, 2.75) is 45.3 Å². The summed E-state index contributed by atoms with van der Waals surface area (Å²) >= 11 is 1.54. The van der Waals surface area contributed by atoms with E-state index in [-0.39, 0.29) is 12.1 Å². The van der Waals surface area contributed by atoms with E-state index < -0.39 is 6.10 Å². The second kappa shape index (κ2) is 11.9. The molecule has 0 saturated heterocycles. The number of aryl methyl sites for hydroxylation is 2. The van der Waals surface area contributed by atoms with Crippen LogP contribution in [0.5, 0.6) is 11.5 Å². The SMILES string of the molecule is COc1ccc(CCC(C)(C)NCC(O)COc2ccccc2C=Cc2nnc(C)s2)cc1. The summed E-state index contributed by atoms with van der Waals surface area (Å²) in [6.45, 7) is 6.91. The highest BCUT2D eigenvalue weighted by atomic mass is 32.1. The van der Waals surface area contributed by atoms with Crippen molar-refractivity contribution < 1.29 is 14.6 Å². The third-order valence-corrected chi connectivity index (χ3v) is 6.12. The number of hydrogen-bond acceptors (Lipinski definition) is 7. The second-order valence-electron chi connectivity index (χ2n) is 8.61.